The van der Waals surface area contributed by atoms with Gasteiger partial charge in [-0.05, 0) is 32.3 Å². The first-order valence-electron chi connectivity index (χ1n) is 3.82. The van der Waals surface area contributed by atoms with Crippen molar-refractivity contribution >= 4 is 5.71 Å². The lowest BCUT2D eigenvalue weighted by atomic mass is 10.0. The molecule has 2 nitrogen and oxygen atoms in total. The van der Waals surface area contributed by atoms with Crippen LogP contribution in [0.3, 0.4) is 0 Å². The van der Waals surface area contributed by atoms with Crippen LogP contribution in [-0.4, -0.2) is 12.3 Å². The highest BCUT2D eigenvalue weighted by Gasteiger charge is 2.03. The van der Waals surface area contributed by atoms with Crippen molar-refractivity contribution in [3.63, 3.8) is 0 Å². The molecule has 0 fully saturated rings. The van der Waals surface area contributed by atoms with Crippen LogP contribution in [0.15, 0.2) is 16.8 Å². The monoisotopic (exact) mass is 138 g/mol. The fourth-order valence-electron chi connectivity index (χ4n) is 1.16. The minimum absolute atomic E-state index is 0.874. The standard InChI is InChI=1S/C8H14N2/c1-2-10-8-5-3-4-7(9)6-8/h6H,2-5,9H2,1H3. The van der Waals surface area contributed by atoms with E-state index in [0.717, 1.165) is 25.1 Å². The molecule has 2 heteroatoms. The average Bonchev–Trinajstić information content (AvgIpc) is 1.88. The quantitative estimate of drug-likeness (QED) is 0.585. The summed E-state index contributed by atoms with van der Waals surface area (Å²) >= 11 is 0. The van der Waals surface area contributed by atoms with Gasteiger partial charge < -0.3 is 5.73 Å². The molecular formula is C8H14N2. The van der Waals surface area contributed by atoms with Gasteiger partial charge in [0.2, 0.25) is 0 Å². The van der Waals surface area contributed by atoms with E-state index in [1.165, 1.54) is 12.1 Å². The van der Waals surface area contributed by atoms with Gasteiger partial charge in [-0.15, -0.1) is 0 Å². The normalized spacial score (nSPS) is 22.9. The highest BCUT2D eigenvalue weighted by molar-refractivity contribution is 5.96. The van der Waals surface area contributed by atoms with Gasteiger partial charge in [0.05, 0.1) is 0 Å². The third-order valence-electron chi connectivity index (χ3n) is 1.61. The smallest absolute Gasteiger partial charge is 0.0365 e. The van der Waals surface area contributed by atoms with E-state index in [4.69, 9.17) is 5.73 Å². The highest BCUT2D eigenvalue weighted by atomic mass is 14.7. The van der Waals surface area contributed by atoms with Crippen molar-refractivity contribution < 1.29 is 0 Å². The van der Waals surface area contributed by atoms with Crippen LogP contribution in [0.5, 0.6) is 0 Å². The molecule has 10 heavy (non-hydrogen) atoms. The Labute approximate surface area is 61.8 Å². The molecule has 1 aliphatic carbocycles. The van der Waals surface area contributed by atoms with Crippen LogP contribution in [0.2, 0.25) is 0 Å². The van der Waals surface area contributed by atoms with Gasteiger partial charge in [-0.3, -0.25) is 4.99 Å². The molecule has 0 radical (unpaired) electrons. The summed E-state index contributed by atoms with van der Waals surface area (Å²) in [6.45, 7) is 2.92. The maximum absolute atomic E-state index is 5.64. The number of allylic oxidation sites excluding steroid dienone is 2. The fraction of sp³-hybridized carbons (Fsp3) is 0.625. The van der Waals surface area contributed by atoms with E-state index >= 15 is 0 Å². The second kappa shape index (κ2) is 3.40. The lowest BCUT2D eigenvalue weighted by molar-refractivity contribution is 0.822. The van der Waals surface area contributed by atoms with Gasteiger partial charge in [0.25, 0.3) is 0 Å². The van der Waals surface area contributed by atoms with Crippen molar-refractivity contribution in [2.24, 2.45) is 10.7 Å². The third kappa shape index (κ3) is 1.87. The van der Waals surface area contributed by atoms with Crippen LogP contribution in [0.25, 0.3) is 0 Å². The summed E-state index contributed by atoms with van der Waals surface area (Å²) in [5.74, 6) is 0. The number of hydrogen-bond donors (Lipinski definition) is 1. The SMILES string of the molecule is CCN=C1C=C(N)CCC1. The molecule has 1 aliphatic rings. The molecule has 0 heterocycles. The lowest BCUT2D eigenvalue weighted by Gasteiger charge is -2.09. The Hall–Kier alpha value is -0.790. The van der Waals surface area contributed by atoms with Crippen molar-refractivity contribution in [3.8, 4) is 0 Å². The van der Waals surface area contributed by atoms with Gasteiger partial charge in [0.1, 0.15) is 0 Å². The Morgan fingerprint density at radius 2 is 2.40 bits per heavy atom. The van der Waals surface area contributed by atoms with E-state index in [-0.39, 0.29) is 0 Å². The predicted octanol–water partition coefficient (Wildman–Crippen LogP) is 1.47. The molecule has 0 saturated heterocycles. The number of nitrogens with two attached hydrogens (primary N) is 1. The van der Waals surface area contributed by atoms with Gasteiger partial charge in [0.15, 0.2) is 0 Å². The van der Waals surface area contributed by atoms with Gasteiger partial charge in [-0.1, -0.05) is 0 Å². The number of hydrogen-bond acceptors (Lipinski definition) is 2. The zero-order valence-electron chi connectivity index (χ0n) is 6.43. The number of nitrogens with zero attached hydrogens (tertiary/aromatic N) is 1. The highest BCUT2D eigenvalue weighted by Crippen LogP contribution is 2.11. The zero-order chi connectivity index (χ0) is 7.40. The topological polar surface area (TPSA) is 38.4 Å². The van der Waals surface area contributed by atoms with Crippen molar-refractivity contribution in [2.75, 3.05) is 6.54 Å². The number of rotatable bonds is 1. The molecule has 0 amide bonds. The summed E-state index contributed by atoms with van der Waals surface area (Å²) in [6, 6.07) is 0. The molecule has 0 atom stereocenters. The molecule has 0 bridgehead atoms. The van der Waals surface area contributed by atoms with Gasteiger partial charge >= 0.3 is 0 Å². The maximum Gasteiger partial charge on any atom is 0.0365 e. The van der Waals surface area contributed by atoms with E-state index in [9.17, 15) is 0 Å². The van der Waals surface area contributed by atoms with Crippen LogP contribution >= 0.6 is 0 Å². The zero-order valence-corrected chi connectivity index (χ0v) is 6.43. The molecule has 0 aliphatic heterocycles. The molecule has 2 N–H and O–H groups in total. The van der Waals surface area contributed by atoms with E-state index in [1.807, 2.05) is 13.0 Å². The molecule has 0 unspecified atom stereocenters. The lowest BCUT2D eigenvalue weighted by Crippen LogP contribution is -2.09. The van der Waals surface area contributed by atoms with Crippen LogP contribution in [0, 0.1) is 0 Å². The van der Waals surface area contributed by atoms with E-state index in [1.54, 1.807) is 0 Å². The second-order valence-electron chi connectivity index (χ2n) is 2.54. The fourth-order valence-corrected chi connectivity index (χ4v) is 1.16. The average molecular weight is 138 g/mol. The number of aliphatic imine (C=N–C) groups is 1. The molecule has 0 aromatic carbocycles. The van der Waals surface area contributed by atoms with Crippen LogP contribution < -0.4 is 5.73 Å². The summed E-state index contributed by atoms with van der Waals surface area (Å²) in [4.78, 5) is 4.29. The van der Waals surface area contributed by atoms with Crippen molar-refractivity contribution in [2.45, 2.75) is 26.2 Å². The van der Waals surface area contributed by atoms with E-state index in [0.29, 0.717) is 0 Å². The second-order valence-corrected chi connectivity index (χ2v) is 2.54. The summed E-state index contributed by atoms with van der Waals surface area (Å²) in [5.41, 5.74) is 7.79. The van der Waals surface area contributed by atoms with E-state index < -0.39 is 0 Å². The van der Waals surface area contributed by atoms with Crippen LogP contribution in [0.4, 0.5) is 0 Å². The first-order chi connectivity index (χ1) is 4.83. The first kappa shape index (κ1) is 7.32. The summed E-state index contributed by atoms with van der Waals surface area (Å²) < 4.78 is 0. The van der Waals surface area contributed by atoms with Crippen molar-refractivity contribution in [3.05, 3.63) is 11.8 Å². The minimum Gasteiger partial charge on any atom is -0.402 e. The maximum atomic E-state index is 5.64. The summed E-state index contributed by atoms with van der Waals surface area (Å²) in [6.07, 6.45) is 5.32. The van der Waals surface area contributed by atoms with Gasteiger partial charge in [-0.2, -0.15) is 0 Å². The Balaban J connectivity index is 2.62. The summed E-state index contributed by atoms with van der Waals surface area (Å²) in [7, 11) is 0. The van der Waals surface area contributed by atoms with Crippen LogP contribution in [-0.2, 0) is 0 Å². The Bertz CT molecular complexity index is 168. The molecule has 0 aromatic heterocycles. The van der Waals surface area contributed by atoms with Crippen molar-refractivity contribution in [1.29, 1.82) is 0 Å². The molecule has 56 valence electrons. The summed E-state index contributed by atoms with van der Waals surface area (Å²) in [5, 5.41) is 0. The minimum atomic E-state index is 0.874. The van der Waals surface area contributed by atoms with Gasteiger partial charge in [-0.25, -0.2) is 0 Å². The third-order valence-corrected chi connectivity index (χ3v) is 1.61. The first-order valence-corrected chi connectivity index (χ1v) is 3.82. The van der Waals surface area contributed by atoms with E-state index in [2.05, 4.69) is 4.99 Å². The molecule has 0 aromatic rings. The molecule has 1 rings (SSSR count). The predicted molar refractivity (Wildman–Crippen MR) is 44.1 cm³/mol. The largest absolute Gasteiger partial charge is 0.402 e. The van der Waals surface area contributed by atoms with Gasteiger partial charge in [0, 0.05) is 18.0 Å². The molecule has 0 saturated carbocycles. The Morgan fingerprint density at radius 3 is 3.00 bits per heavy atom. The Morgan fingerprint density at radius 1 is 1.60 bits per heavy atom. The van der Waals surface area contributed by atoms with Crippen molar-refractivity contribution in [1.82, 2.24) is 0 Å². The van der Waals surface area contributed by atoms with Crippen LogP contribution in [0.1, 0.15) is 26.2 Å². The molecule has 0 spiro atoms. The molecular weight excluding hydrogens is 124 g/mol. The Kier molecular flexibility index (Phi) is 2.49.